The van der Waals surface area contributed by atoms with Gasteiger partial charge in [-0.1, -0.05) is 22.0 Å². The van der Waals surface area contributed by atoms with Gasteiger partial charge < -0.3 is 15.8 Å². The topological polar surface area (TPSA) is 81.4 Å². The van der Waals surface area contributed by atoms with Crippen LogP contribution in [0.25, 0.3) is 0 Å². The number of amides is 1. The van der Waals surface area contributed by atoms with E-state index in [0.717, 1.165) is 10.5 Å². The van der Waals surface area contributed by atoms with E-state index in [1.54, 1.807) is 18.2 Å². The molecule has 0 aliphatic heterocycles. The molecule has 1 aromatic carbocycles. The van der Waals surface area contributed by atoms with Crippen molar-refractivity contribution in [3.63, 3.8) is 0 Å². The summed E-state index contributed by atoms with van der Waals surface area (Å²) in [4.78, 5) is 22.1. The highest BCUT2D eigenvalue weighted by Gasteiger charge is 2.08. The van der Waals surface area contributed by atoms with Crippen molar-refractivity contribution < 1.29 is 14.3 Å². The van der Waals surface area contributed by atoms with Crippen molar-refractivity contribution in [2.24, 2.45) is 5.73 Å². The van der Waals surface area contributed by atoms with E-state index in [-0.39, 0.29) is 5.70 Å². The maximum Gasteiger partial charge on any atom is 0.332 e. The molecule has 0 aliphatic carbocycles. The molecular weight excluding hydrogens is 288 g/mol. The molecular formula is C11H11BrN2O3. The van der Waals surface area contributed by atoms with Crippen LogP contribution in [-0.2, 0) is 14.3 Å². The number of halogens is 1. The van der Waals surface area contributed by atoms with Crippen molar-refractivity contribution >= 4 is 33.5 Å². The lowest BCUT2D eigenvalue weighted by Gasteiger charge is -2.07. The van der Waals surface area contributed by atoms with E-state index >= 15 is 0 Å². The first-order valence-electron chi connectivity index (χ1n) is 4.65. The second-order valence-corrected chi connectivity index (χ2v) is 4.00. The monoisotopic (exact) mass is 298 g/mol. The van der Waals surface area contributed by atoms with Crippen LogP contribution >= 0.6 is 15.9 Å². The summed E-state index contributed by atoms with van der Waals surface area (Å²) in [7, 11) is 1.22. The molecule has 1 amide bonds. The van der Waals surface area contributed by atoms with E-state index in [0.29, 0.717) is 5.69 Å². The third-order valence-corrected chi connectivity index (χ3v) is 2.33. The van der Waals surface area contributed by atoms with Crippen molar-refractivity contribution in [2.75, 3.05) is 12.4 Å². The van der Waals surface area contributed by atoms with Gasteiger partial charge in [0.15, 0.2) is 0 Å². The van der Waals surface area contributed by atoms with E-state index in [4.69, 9.17) is 5.73 Å². The highest BCUT2D eigenvalue weighted by atomic mass is 79.9. The average molecular weight is 299 g/mol. The molecule has 0 atom stereocenters. The maximum atomic E-state index is 11.1. The molecule has 1 rings (SSSR count). The van der Waals surface area contributed by atoms with Gasteiger partial charge in [-0.05, 0) is 18.2 Å². The lowest BCUT2D eigenvalue weighted by atomic mass is 10.3. The summed E-state index contributed by atoms with van der Waals surface area (Å²) in [6.07, 6.45) is 1.00. The molecule has 0 saturated carbocycles. The number of ether oxygens (including phenoxy) is 1. The first-order chi connectivity index (χ1) is 8.02. The summed E-state index contributed by atoms with van der Waals surface area (Å²) < 4.78 is 5.26. The number of benzene rings is 1. The van der Waals surface area contributed by atoms with Gasteiger partial charge in [-0.2, -0.15) is 0 Å². The predicted octanol–water partition coefficient (Wildman–Crippen LogP) is 1.40. The van der Waals surface area contributed by atoms with Crippen LogP contribution in [-0.4, -0.2) is 19.0 Å². The lowest BCUT2D eigenvalue weighted by molar-refractivity contribution is -0.135. The lowest BCUT2D eigenvalue weighted by Crippen LogP contribution is -2.21. The molecule has 0 unspecified atom stereocenters. The quantitative estimate of drug-likeness (QED) is 0.650. The van der Waals surface area contributed by atoms with Crippen LogP contribution in [0.3, 0.4) is 0 Å². The highest BCUT2D eigenvalue weighted by Crippen LogP contribution is 2.17. The predicted molar refractivity (Wildman–Crippen MR) is 67.1 cm³/mol. The summed E-state index contributed by atoms with van der Waals surface area (Å²) in [6.45, 7) is 0. The molecule has 0 aromatic heterocycles. The van der Waals surface area contributed by atoms with Crippen LogP contribution in [0.5, 0.6) is 0 Å². The molecule has 0 aliphatic rings. The molecule has 0 heterocycles. The molecule has 90 valence electrons. The molecule has 0 fully saturated rings. The van der Waals surface area contributed by atoms with Crippen molar-refractivity contribution in [1.82, 2.24) is 0 Å². The van der Waals surface area contributed by atoms with E-state index in [9.17, 15) is 9.59 Å². The number of esters is 1. The Balaban J connectivity index is 2.92. The Kier molecular flexibility index (Phi) is 4.71. The van der Waals surface area contributed by atoms with Crippen LogP contribution in [0.2, 0.25) is 0 Å². The van der Waals surface area contributed by atoms with E-state index < -0.39 is 11.9 Å². The molecule has 0 spiro atoms. The molecule has 17 heavy (non-hydrogen) atoms. The molecule has 0 saturated heterocycles. The Morgan fingerprint density at radius 1 is 1.47 bits per heavy atom. The molecule has 0 bridgehead atoms. The zero-order valence-corrected chi connectivity index (χ0v) is 10.7. The minimum atomic E-state index is -0.740. The number of nitrogens with two attached hydrogens (primary N) is 1. The van der Waals surface area contributed by atoms with E-state index in [1.807, 2.05) is 6.07 Å². The fourth-order valence-corrected chi connectivity index (χ4v) is 1.47. The molecule has 1 aromatic rings. The normalized spacial score (nSPS) is 10.8. The smallest absolute Gasteiger partial charge is 0.332 e. The average Bonchev–Trinajstić information content (AvgIpc) is 2.27. The van der Waals surface area contributed by atoms with Crippen molar-refractivity contribution in [1.29, 1.82) is 0 Å². The number of hydrogen-bond acceptors (Lipinski definition) is 4. The Hall–Kier alpha value is -1.82. The summed E-state index contributed by atoms with van der Waals surface area (Å²) in [5, 5.41) is 2.74. The zero-order valence-electron chi connectivity index (χ0n) is 9.07. The van der Waals surface area contributed by atoms with Crippen molar-refractivity contribution in [2.45, 2.75) is 0 Å². The fraction of sp³-hybridized carbons (Fsp3) is 0.0909. The van der Waals surface area contributed by atoms with E-state index in [1.165, 1.54) is 7.11 Å². The Morgan fingerprint density at radius 3 is 2.71 bits per heavy atom. The first kappa shape index (κ1) is 13.2. The van der Waals surface area contributed by atoms with Gasteiger partial charge in [0.25, 0.3) is 5.91 Å². The summed E-state index contributed by atoms with van der Waals surface area (Å²) >= 11 is 3.29. The Labute approximate surface area is 107 Å². The summed E-state index contributed by atoms with van der Waals surface area (Å²) in [5.74, 6) is -1.39. The number of rotatable bonds is 4. The summed E-state index contributed by atoms with van der Waals surface area (Å²) in [6, 6.07) is 7.09. The third kappa shape index (κ3) is 4.28. The van der Waals surface area contributed by atoms with Crippen LogP contribution in [0, 0.1) is 0 Å². The molecule has 5 nitrogen and oxygen atoms in total. The minimum absolute atomic E-state index is 0.0325. The zero-order chi connectivity index (χ0) is 12.8. The first-order valence-corrected chi connectivity index (χ1v) is 5.44. The SMILES string of the molecule is COC(=O)/C=C(\Nc1cccc(Br)c1)C(N)=O. The van der Waals surface area contributed by atoms with E-state index in [2.05, 4.69) is 26.0 Å². The van der Waals surface area contributed by atoms with Gasteiger partial charge in [0.1, 0.15) is 5.70 Å². The van der Waals surface area contributed by atoms with Gasteiger partial charge in [0.2, 0.25) is 0 Å². The highest BCUT2D eigenvalue weighted by molar-refractivity contribution is 9.10. The van der Waals surface area contributed by atoms with Crippen molar-refractivity contribution in [3.8, 4) is 0 Å². The standard InChI is InChI=1S/C11H11BrN2O3/c1-17-10(15)6-9(11(13)16)14-8-4-2-3-7(12)5-8/h2-6,14H,1H3,(H2,13,16)/b9-6-. The minimum Gasteiger partial charge on any atom is -0.466 e. The largest absolute Gasteiger partial charge is 0.466 e. The van der Waals surface area contributed by atoms with Gasteiger partial charge in [-0.15, -0.1) is 0 Å². The fourth-order valence-electron chi connectivity index (χ4n) is 1.07. The van der Waals surface area contributed by atoms with Gasteiger partial charge in [0, 0.05) is 10.2 Å². The van der Waals surface area contributed by atoms with Crippen molar-refractivity contribution in [3.05, 3.63) is 40.5 Å². The molecule has 6 heteroatoms. The number of hydrogen-bond donors (Lipinski definition) is 2. The number of carbonyl (C=O) groups is 2. The Bertz CT molecular complexity index is 472. The Morgan fingerprint density at radius 2 is 2.18 bits per heavy atom. The number of primary amides is 1. The van der Waals surface area contributed by atoms with Gasteiger partial charge in [-0.25, -0.2) is 4.79 Å². The second-order valence-electron chi connectivity index (χ2n) is 3.08. The van der Waals surface area contributed by atoms with Gasteiger partial charge in [-0.3, -0.25) is 4.79 Å². The maximum absolute atomic E-state index is 11.1. The molecule has 3 N–H and O–H groups in total. The van der Waals surface area contributed by atoms with Gasteiger partial charge >= 0.3 is 5.97 Å². The summed E-state index contributed by atoms with van der Waals surface area (Å²) in [5.41, 5.74) is 5.74. The second kappa shape index (κ2) is 6.05. The molecule has 0 radical (unpaired) electrons. The number of anilines is 1. The number of nitrogens with one attached hydrogen (secondary N) is 1. The van der Waals surface area contributed by atoms with Crippen LogP contribution in [0.15, 0.2) is 40.5 Å². The number of carbonyl (C=O) groups excluding carboxylic acids is 2. The van der Waals surface area contributed by atoms with Crippen LogP contribution in [0.1, 0.15) is 0 Å². The third-order valence-electron chi connectivity index (χ3n) is 1.83. The van der Waals surface area contributed by atoms with Crippen LogP contribution in [0.4, 0.5) is 5.69 Å². The van der Waals surface area contributed by atoms with Gasteiger partial charge in [0.05, 0.1) is 13.2 Å². The van der Waals surface area contributed by atoms with Crippen LogP contribution < -0.4 is 11.1 Å². The number of methoxy groups -OCH3 is 1.